The SMILES string of the molecule is COc1cc2c(c(OC)c1OC)-c1ccc(NCCCCCC(=O)NC(C(=O)O)C(C)C)c(=O)cc1C(NC(C)=O)CC2. The summed E-state index contributed by atoms with van der Waals surface area (Å²) in [6.45, 7) is 5.46. The predicted molar refractivity (Wildman–Crippen MR) is 164 cm³/mol. The van der Waals surface area contributed by atoms with Crippen LogP contribution in [0, 0.1) is 5.92 Å². The molecular formula is C32H43N3O8. The standard InChI is InChI=1S/C32H43N3O8/c1-18(2)29(32(39)40)35-27(38)10-8-7-9-15-33-24-14-12-21-22(17-25(24)37)23(34-19(3)36)13-11-20-16-26(41-4)30(42-5)31(43-6)28(20)21/h12,14,16-18,23,29H,7-11,13,15H2,1-6H3,(H,33,37)(H,34,36)(H,35,38)(H,39,40). The first kappa shape index (κ1) is 33.2. The van der Waals surface area contributed by atoms with E-state index in [2.05, 4.69) is 16.0 Å². The minimum Gasteiger partial charge on any atom is -0.493 e. The molecule has 0 saturated carbocycles. The average molecular weight is 598 g/mol. The second-order valence-electron chi connectivity index (χ2n) is 11.0. The van der Waals surface area contributed by atoms with Crippen LogP contribution in [0.5, 0.6) is 17.2 Å². The molecule has 0 fully saturated rings. The molecular weight excluding hydrogens is 554 g/mol. The molecule has 0 radical (unpaired) electrons. The van der Waals surface area contributed by atoms with Crippen LogP contribution in [-0.4, -0.2) is 56.8 Å². The highest BCUT2D eigenvalue weighted by molar-refractivity contribution is 5.84. The number of carboxylic acids is 1. The number of amides is 2. The molecule has 2 amide bonds. The van der Waals surface area contributed by atoms with Crippen LogP contribution in [-0.2, 0) is 20.8 Å². The Kier molecular flexibility index (Phi) is 11.8. The van der Waals surface area contributed by atoms with Crippen molar-refractivity contribution in [3.05, 3.63) is 45.6 Å². The molecule has 43 heavy (non-hydrogen) atoms. The fraction of sp³-hybridized carbons (Fsp3) is 0.500. The number of rotatable bonds is 14. The lowest BCUT2D eigenvalue weighted by molar-refractivity contribution is -0.143. The Hall–Kier alpha value is -4.28. The maximum absolute atomic E-state index is 13.4. The summed E-state index contributed by atoms with van der Waals surface area (Å²) >= 11 is 0. The van der Waals surface area contributed by atoms with Crippen molar-refractivity contribution in [3.8, 4) is 28.4 Å². The number of carboxylic acid groups (broad SMARTS) is 1. The van der Waals surface area contributed by atoms with E-state index >= 15 is 0 Å². The van der Waals surface area contributed by atoms with Crippen LogP contribution in [0.15, 0.2) is 29.1 Å². The molecule has 0 spiro atoms. The van der Waals surface area contributed by atoms with Gasteiger partial charge in [-0.15, -0.1) is 0 Å². The molecule has 4 N–H and O–H groups in total. The molecule has 0 heterocycles. The number of carbonyl (C=O) groups is 3. The van der Waals surface area contributed by atoms with Gasteiger partial charge in [0.15, 0.2) is 11.5 Å². The monoisotopic (exact) mass is 597 g/mol. The lowest BCUT2D eigenvalue weighted by atomic mass is 9.95. The number of methoxy groups -OCH3 is 3. The van der Waals surface area contributed by atoms with Crippen molar-refractivity contribution < 1.29 is 33.7 Å². The second kappa shape index (κ2) is 15.3. The smallest absolute Gasteiger partial charge is 0.326 e. The summed E-state index contributed by atoms with van der Waals surface area (Å²) in [6, 6.07) is 5.79. The van der Waals surface area contributed by atoms with Crippen LogP contribution in [0.4, 0.5) is 5.69 Å². The molecule has 0 bridgehead atoms. The zero-order valence-corrected chi connectivity index (χ0v) is 25.8. The highest BCUT2D eigenvalue weighted by atomic mass is 16.5. The second-order valence-corrected chi connectivity index (χ2v) is 11.0. The predicted octanol–water partition coefficient (Wildman–Crippen LogP) is 4.06. The van der Waals surface area contributed by atoms with E-state index in [4.69, 9.17) is 14.2 Å². The number of ether oxygens (including phenoxy) is 3. The van der Waals surface area contributed by atoms with Gasteiger partial charge in [-0.2, -0.15) is 0 Å². The van der Waals surface area contributed by atoms with Gasteiger partial charge in [0.2, 0.25) is 23.0 Å². The number of nitrogens with one attached hydrogen (secondary N) is 3. The van der Waals surface area contributed by atoms with Gasteiger partial charge in [-0.3, -0.25) is 14.4 Å². The number of aryl methyl sites for hydroxylation is 1. The van der Waals surface area contributed by atoms with Crippen molar-refractivity contribution >= 4 is 23.5 Å². The van der Waals surface area contributed by atoms with E-state index in [9.17, 15) is 24.3 Å². The number of carbonyl (C=O) groups excluding carboxylic acids is 2. The molecule has 0 saturated heterocycles. The third kappa shape index (κ3) is 8.18. The summed E-state index contributed by atoms with van der Waals surface area (Å²) < 4.78 is 17.0. The third-order valence-electron chi connectivity index (χ3n) is 7.56. The van der Waals surface area contributed by atoms with Crippen LogP contribution in [0.2, 0.25) is 0 Å². The minimum atomic E-state index is -1.04. The summed E-state index contributed by atoms with van der Waals surface area (Å²) in [5.41, 5.74) is 3.36. The number of fused-ring (bicyclic) bond motifs is 3. The van der Waals surface area contributed by atoms with Crippen LogP contribution in [0.25, 0.3) is 11.1 Å². The maximum Gasteiger partial charge on any atom is 0.326 e. The van der Waals surface area contributed by atoms with Crippen molar-refractivity contribution in [1.82, 2.24) is 10.6 Å². The van der Waals surface area contributed by atoms with E-state index in [1.54, 1.807) is 40.2 Å². The first-order valence-corrected chi connectivity index (χ1v) is 14.6. The molecule has 0 aromatic heterocycles. The molecule has 11 heteroatoms. The molecule has 2 atom stereocenters. The Morgan fingerprint density at radius 3 is 2.33 bits per heavy atom. The number of aliphatic carboxylic acids is 1. The van der Waals surface area contributed by atoms with E-state index in [0.29, 0.717) is 60.7 Å². The molecule has 3 rings (SSSR count). The fourth-order valence-corrected chi connectivity index (χ4v) is 5.42. The lowest BCUT2D eigenvalue weighted by Gasteiger charge is -2.19. The molecule has 11 nitrogen and oxygen atoms in total. The Balaban J connectivity index is 1.82. The van der Waals surface area contributed by atoms with Gasteiger partial charge in [0.25, 0.3) is 0 Å². The lowest BCUT2D eigenvalue weighted by Crippen LogP contribution is -2.44. The Morgan fingerprint density at radius 1 is 1.00 bits per heavy atom. The summed E-state index contributed by atoms with van der Waals surface area (Å²) in [7, 11) is 4.66. The van der Waals surface area contributed by atoms with Gasteiger partial charge >= 0.3 is 5.97 Å². The number of unbranched alkanes of at least 4 members (excludes halogenated alkanes) is 2. The van der Waals surface area contributed by atoms with Gasteiger partial charge in [0.1, 0.15) is 6.04 Å². The van der Waals surface area contributed by atoms with Crippen molar-refractivity contribution in [2.75, 3.05) is 33.2 Å². The topological polar surface area (TPSA) is 152 Å². The first-order valence-electron chi connectivity index (χ1n) is 14.6. The van der Waals surface area contributed by atoms with Gasteiger partial charge < -0.3 is 35.3 Å². The van der Waals surface area contributed by atoms with Crippen LogP contribution in [0.1, 0.15) is 70.0 Å². The fourth-order valence-electron chi connectivity index (χ4n) is 5.42. The zero-order chi connectivity index (χ0) is 31.7. The highest BCUT2D eigenvalue weighted by Gasteiger charge is 2.29. The highest BCUT2D eigenvalue weighted by Crippen LogP contribution is 2.50. The Morgan fingerprint density at radius 2 is 1.72 bits per heavy atom. The Labute approximate surface area is 252 Å². The quantitative estimate of drug-likeness (QED) is 0.236. The van der Waals surface area contributed by atoms with Crippen molar-refractivity contribution in [2.24, 2.45) is 5.92 Å². The molecule has 0 aliphatic heterocycles. The van der Waals surface area contributed by atoms with Crippen LogP contribution in [0.3, 0.4) is 0 Å². The molecule has 234 valence electrons. The summed E-state index contributed by atoms with van der Waals surface area (Å²) in [6.07, 6.45) is 3.44. The largest absolute Gasteiger partial charge is 0.493 e. The van der Waals surface area contributed by atoms with E-state index in [1.807, 2.05) is 12.1 Å². The van der Waals surface area contributed by atoms with Crippen molar-refractivity contribution in [2.45, 2.75) is 71.4 Å². The number of anilines is 1. The van der Waals surface area contributed by atoms with E-state index in [-0.39, 0.29) is 29.6 Å². The molecule has 1 aliphatic rings. The van der Waals surface area contributed by atoms with E-state index in [0.717, 1.165) is 23.1 Å². The number of hydrogen-bond donors (Lipinski definition) is 4. The Bertz CT molecular complexity index is 1390. The summed E-state index contributed by atoms with van der Waals surface area (Å²) in [5, 5.41) is 18.0. The van der Waals surface area contributed by atoms with Gasteiger partial charge in [0, 0.05) is 25.5 Å². The zero-order valence-electron chi connectivity index (χ0n) is 25.8. The first-order chi connectivity index (χ1) is 20.5. The van der Waals surface area contributed by atoms with Gasteiger partial charge in [-0.25, -0.2) is 4.79 Å². The van der Waals surface area contributed by atoms with Gasteiger partial charge in [0.05, 0.1) is 33.1 Å². The van der Waals surface area contributed by atoms with Crippen LogP contribution < -0.4 is 35.6 Å². The van der Waals surface area contributed by atoms with Gasteiger partial charge in [-0.05, 0) is 66.5 Å². The molecule has 1 aliphatic carbocycles. The minimum absolute atomic E-state index is 0.197. The average Bonchev–Trinajstić information content (AvgIpc) is 3.20. The molecule has 2 aromatic carbocycles. The number of benzene rings is 1. The van der Waals surface area contributed by atoms with E-state index in [1.165, 1.54) is 14.0 Å². The molecule has 2 aromatic rings. The summed E-state index contributed by atoms with van der Waals surface area (Å²) in [5.74, 6) is -0.272. The number of hydrogen-bond acceptors (Lipinski definition) is 8. The normalized spacial score (nSPS) is 14.4. The van der Waals surface area contributed by atoms with Gasteiger partial charge in [-0.1, -0.05) is 26.3 Å². The van der Waals surface area contributed by atoms with E-state index < -0.39 is 18.1 Å². The summed E-state index contributed by atoms with van der Waals surface area (Å²) in [4.78, 5) is 49.0. The molecule has 2 unspecified atom stereocenters. The van der Waals surface area contributed by atoms with Crippen molar-refractivity contribution in [1.29, 1.82) is 0 Å². The third-order valence-corrected chi connectivity index (χ3v) is 7.56. The van der Waals surface area contributed by atoms with Crippen molar-refractivity contribution in [3.63, 3.8) is 0 Å². The maximum atomic E-state index is 13.4. The van der Waals surface area contributed by atoms with Crippen LogP contribution >= 0.6 is 0 Å².